The second-order valence-electron chi connectivity index (χ2n) is 5.94. The Hall–Kier alpha value is -1.13. The summed E-state index contributed by atoms with van der Waals surface area (Å²) in [4.78, 5) is 6.86. The van der Waals surface area contributed by atoms with Crippen molar-refractivity contribution in [1.82, 2.24) is 9.88 Å². The topological polar surface area (TPSA) is 37.4 Å². The fraction of sp³-hybridized carbons (Fsp3) is 0.667. The first-order valence-corrected chi connectivity index (χ1v) is 7.07. The fourth-order valence-corrected chi connectivity index (χ4v) is 2.77. The minimum Gasteiger partial charge on any atom is -0.370 e. The number of ether oxygens (including phenoxy) is 1. The molecule has 2 rings (SSSR count). The van der Waals surface area contributed by atoms with Gasteiger partial charge in [0.25, 0.3) is 0 Å². The second-order valence-corrected chi connectivity index (χ2v) is 5.94. The van der Waals surface area contributed by atoms with Gasteiger partial charge in [-0.2, -0.15) is 0 Å². The molecule has 0 bridgehead atoms. The Kier molecular flexibility index (Phi) is 4.42. The van der Waals surface area contributed by atoms with E-state index in [4.69, 9.17) is 4.74 Å². The number of aromatic nitrogens is 1. The zero-order valence-electron chi connectivity index (χ0n) is 12.4. The standard InChI is InChI=1S/C15H25N3O/c1-5-16-14-7-6-13(8-17-14)10-18-9-12(2)19-15(3,4)11-18/h6-8,12H,5,9-11H2,1-4H3,(H,16,17). The molecule has 19 heavy (non-hydrogen) atoms. The predicted octanol–water partition coefficient (Wildman–Crippen LogP) is 2.51. The maximum atomic E-state index is 5.93. The lowest BCUT2D eigenvalue weighted by Gasteiger charge is -2.41. The van der Waals surface area contributed by atoms with Gasteiger partial charge in [-0.25, -0.2) is 4.98 Å². The van der Waals surface area contributed by atoms with Gasteiger partial charge in [-0.15, -0.1) is 0 Å². The summed E-state index contributed by atoms with van der Waals surface area (Å²) >= 11 is 0. The van der Waals surface area contributed by atoms with Crippen LogP contribution in [0.5, 0.6) is 0 Å². The third-order valence-electron chi connectivity index (χ3n) is 3.23. The molecule has 1 aliphatic rings. The van der Waals surface area contributed by atoms with Crippen molar-refractivity contribution < 1.29 is 4.74 Å². The van der Waals surface area contributed by atoms with Crippen LogP contribution in [0.4, 0.5) is 5.82 Å². The van der Waals surface area contributed by atoms with E-state index >= 15 is 0 Å². The van der Waals surface area contributed by atoms with E-state index in [1.165, 1.54) is 5.56 Å². The van der Waals surface area contributed by atoms with E-state index < -0.39 is 0 Å². The smallest absolute Gasteiger partial charge is 0.125 e. The highest BCUT2D eigenvalue weighted by Gasteiger charge is 2.31. The van der Waals surface area contributed by atoms with Crippen LogP contribution >= 0.6 is 0 Å². The van der Waals surface area contributed by atoms with E-state index in [0.717, 1.165) is 32.0 Å². The van der Waals surface area contributed by atoms with Crippen molar-refractivity contribution >= 4 is 5.82 Å². The lowest BCUT2D eigenvalue weighted by molar-refractivity contribution is -0.130. The molecule has 1 fully saturated rings. The van der Waals surface area contributed by atoms with Gasteiger partial charge in [0.15, 0.2) is 0 Å². The van der Waals surface area contributed by atoms with E-state index in [1.807, 2.05) is 12.3 Å². The Morgan fingerprint density at radius 2 is 2.26 bits per heavy atom. The van der Waals surface area contributed by atoms with Gasteiger partial charge in [0.1, 0.15) is 5.82 Å². The molecule has 4 nitrogen and oxygen atoms in total. The Balaban J connectivity index is 1.96. The molecule has 2 heterocycles. The number of hydrogen-bond donors (Lipinski definition) is 1. The molecule has 1 aromatic rings. The third-order valence-corrected chi connectivity index (χ3v) is 3.23. The Labute approximate surface area is 116 Å². The molecular formula is C15H25N3O. The Bertz CT molecular complexity index is 402. The lowest BCUT2D eigenvalue weighted by Crippen LogP contribution is -2.51. The minimum absolute atomic E-state index is 0.0607. The molecule has 4 heteroatoms. The van der Waals surface area contributed by atoms with Crippen LogP contribution in [-0.2, 0) is 11.3 Å². The van der Waals surface area contributed by atoms with Crippen molar-refractivity contribution in [3.8, 4) is 0 Å². The number of anilines is 1. The van der Waals surface area contributed by atoms with E-state index in [1.54, 1.807) is 0 Å². The predicted molar refractivity (Wildman–Crippen MR) is 78.3 cm³/mol. The van der Waals surface area contributed by atoms with Crippen LogP contribution in [0.15, 0.2) is 18.3 Å². The molecule has 1 aliphatic heterocycles. The molecule has 1 N–H and O–H groups in total. The minimum atomic E-state index is -0.0607. The van der Waals surface area contributed by atoms with Crippen LogP contribution in [0.1, 0.15) is 33.3 Å². The molecule has 0 saturated carbocycles. The normalized spacial score (nSPS) is 23.3. The van der Waals surface area contributed by atoms with Crippen molar-refractivity contribution in [2.45, 2.75) is 45.9 Å². The number of nitrogens with zero attached hydrogens (tertiary/aromatic N) is 2. The van der Waals surface area contributed by atoms with Crippen molar-refractivity contribution in [3.63, 3.8) is 0 Å². The number of rotatable bonds is 4. The van der Waals surface area contributed by atoms with Crippen LogP contribution in [0.25, 0.3) is 0 Å². The summed E-state index contributed by atoms with van der Waals surface area (Å²) < 4.78 is 5.93. The summed E-state index contributed by atoms with van der Waals surface area (Å²) in [5, 5.41) is 3.21. The van der Waals surface area contributed by atoms with Crippen LogP contribution in [0.2, 0.25) is 0 Å². The van der Waals surface area contributed by atoms with Crippen LogP contribution < -0.4 is 5.32 Å². The van der Waals surface area contributed by atoms with Crippen molar-refractivity contribution in [3.05, 3.63) is 23.9 Å². The monoisotopic (exact) mass is 263 g/mol. The first kappa shape index (κ1) is 14.3. The van der Waals surface area contributed by atoms with E-state index in [0.29, 0.717) is 0 Å². The van der Waals surface area contributed by atoms with E-state index in [-0.39, 0.29) is 11.7 Å². The van der Waals surface area contributed by atoms with E-state index in [2.05, 4.69) is 49.0 Å². The zero-order valence-corrected chi connectivity index (χ0v) is 12.4. The summed E-state index contributed by atoms with van der Waals surface area (Å²) in [6.07, 6.45) is 2.25. The number of morpholine rings is 1. The molecule has 0 spiro atoms. The maximum absolute atomic E-state index is 5.93. The van der Waals surface area contributed by atoms with Gasteiger partial charge in [-0.1, -0.05) is 6.07 Å². The molecule has 0 aromatic carbocycles. The molecule has 1 atom stereocenters. The highest BCUT2D eigenvalue weighted by Crippen LogP contribution is 2.22. The van der Waals surface area contributed by atoms with Gasteiger partial charge in [-0.3, -0.25) is 4.90 Å². The first-order valence-electron chi connectivity index (χ1n) is 7.07. The Morgan fingerprint density at radius 3 is 2.84 bits per heavy atom. The fourth-order valence-electron chi connectivity index (χ4n) is 2.77. The van der Waals surface area contributed by atoms with Gasteiger partial charge in [0.05, 0.1) is 11.7 Å². The third kappa shape index (κ3) is 4.18. The molecule has 106 valence electrons. The average molecular weight is 263 g/mol. The van der Waals surface area contributed by atoms with E-state index in [9.17, 15) is 0 Å². The van der Waals surface area contributed by atoms with Crippen molar-refractivity contribution in [2.24, 2.45) is 0 Å². The molecule has 1 saturated heterocycles. The molecule has 0 amide bonds. The van der Waals surface area contributed by atoms with Crippen LogP contribution in [-0.4, -0.2) is 41.2 Å². The Morgan fingerprint density at radius 1 is 1.47 bits per heavy atom. The van der Waals surface area contributed by atoms with Gasteiger partial charge < -0.3 is 10.1 Å². The SMILES string of the molecule is CCNc1ccc(CN2CC(C)OC(C)(C)C2)cn1. The molecule has 0 radical (unpaired) electrons. The molecule has 1 aromatic heterocycles. The maximum Gasteiger partial charge on any atom is 0.125 e. The highest BCUT2D eigenvalue weighted by atomic mass is 16.5. The van der Waals surface area contributed by atoms with Crippen molar-refractivity contribution in [1.29, 1.82) is 0 Å². The molecule has 1 unspecified atom stereocenters. The summed E-state index contributed by atoms with van der Waals surface area (Å²) in [5.74, 6) is 0.946. The number of hydrogen-bond acceptors (Lipinski definition) is 4. The highest BCUT2D eigenvalue weighted by molar-refractivity contribution is 5.35. The van der Waals surface area contributed by atoms with Crippen LogP contribution in [0.3, 0.4) is 0 Å². The largest absolute Gasteiger partial charge is 0.370 e. The molecule has 0 aliphatic carbocycles. The second kappa shape index (κ2) is 5.88. The lowest BCUT2D eigenvalue weighted by atomic mass is 10.0. The summed E-state index contributed by atoms with van der Waals surface area (Å²) in [7, 11) is 0. The summed E-state index contributed by atoms with van der Waals surface area (Å²) in [6.45, 7) is 12.3. The van der Waals surface area contributed by atoms with Gasteiger partial charge in [0, 0.05) is 32.4 Å². The number of nitrogens with one attached hydrogen (secondary N) is 1. The van der Waals surface area contributed by atoms with Crippen molar-refractivity contribution in [2.75, 3.05) is 25.0 Å². The van der Waals surface area contributed by atoms with Gasteiger partial charge in [-0.05, 0) is 39.3 Å². The van der Waals surface area contributed by atoms with Crippen LogP contribution in [0, 0.1) is 0 Å². The quantitative estimate of drug-likeness (QED) is 0.905. The average Bonchev–Trinajstić information content (AvgIpc) is 2.29. The van der Waals surface area contributed by atoms with Gasteiger partial charge >= 0.3 is 0 Å². The summed E-state index contributed by atoms with van der Waals surface area (Å²) in [6, 6.07) is 4.20. The summed E-state index contributed by atoms with van der Waals surface area (Å²) in [5.41, 5.74) is 1.20. The zero-order chi connectivity index (χ0) is 13.9. The number of pyridine rings is 1. The molecular weight excluding hydrogens is 238 g/mol. The first-order chi connectivity index (χ1) is 8.98. The van der Waals surface area contributed by atoms with Gasteiger partial charge in [0.2, 0.25) is 0 Å².